The van der Waals surface area contributed by atoms with Crippen LogP contribution in [-0.2, 0) is 14.8 Å². The maximum atomic E-state index is 12.2. The predicted octanol–water partition coefficient (Wildman–Crippen LogP) is 0.857. The molecular formula is C13H24N4O3S. The van der Waals surface area contributed by atoms with Crippen LogP contribution in [0.25, 0.3) is 0 Å². The molecule has 7 nitrogen and oxygen atoms in total. The third-order valence-electron chi connectivity index (χ3n) is 3.61. The topological polar surface area (TPSA) is 90.5 Å². The Labute approximate surface area is 126 Å². The molecule has 8 heteroatoms. The van der Waals surface area contributed by atoms with Gasteiger partial charge in [0.2, 0.25) is 10.0 Å². The largest absolute Gasteiger partial charge is 0.382 e. The van der Waals surface area contributed by atoms with Crippen molar-refractivity contribution in [2.45, 2.75) is 38.8 Å². The Hall–Kier alpha value is -1.12. The molecule has 1 fully saturated rings. The first-order valence-electron chi connectivity index (χ1n) is 7.28. The second-order valence-corrected chi connectivity index (χ2v) is 7.67. The summed E-state index contributed by atoms with van der Waals surface area (Å²) in [5.41, 5.74) is 5.61. The molecule has 2 heterocycles. The Morgan fingerprint density at radius 3 is 2.62 bits per heavy atom. The number of sulfonamides is 1. The summed E-state index contributed by atoms with van der Waals surface area (Å²) in [5, 5.41) is 4.20. The summed E-state index contributed by atoms with van der Waals surface area (Å²) in [5.74, 6) is 0.542. The molecule has 0 aliphatic carbocycles. The maximum Gasteiger partial charge on any atom is 0.216 e. The Balaban J connectivity index is 1.85. The highest BCUT2D eigenvalue weighted by molar-refractivity contribution is 7.89. The van der Waals surface area contributed by atoms with E-state index in [0.717, 1.165) is 12.8 Å². The quantitative estimate of drug-likeness (QED) is 0.840. The van der Waals surface area contributed by atoms with E-state index in [1.165, 1.54) is 0 Å². The van der Waals surface area contributed by atoms with E-state index in [1.54, 1.807) is 10.4 Å². The first kappa shape index (κ1) is 16.3. The van der Waals surface area contributed by atoms with Gasteiger partial charge in [-0.1, -0.05) is 0 Å². The minimum Gasteiger partial charge on any atom is -0.382 e. The van der Waals surface area contributed by atoms with Crippen LogP contribution in [0, 0.1) is 0 Å². The zero-order valence-corrected chi connectivity index (χ0v) is 13.4. The molecule has 1 saturated heterocycles. The summed E-state index contributed by atoms with van der Waals surface area (Å²) in [7, 11) is -3.23. The second kappa shape index (κ2) is 6.76. The lowest BCUT2D eigenvalue weighted by Gasteiger charge is -2.31. The summed E-state index contributed by atoms with van der Waals surface area (Å²) in [6.45, 7) is 5.08. The van der Waals surface area contributed by atoms with Gasteiger partial charge in [-0.05, 0) is 32.8 Å². The lowest BCUT2D eigenvalue weighted by molar-refractivity contribution is 0.0905. The summed E-state index contributed by atoms with van der Waals surface area (Å²) in [4.78, 5) is 0. The van der Waals surface area contributed by atoms with E-state index in [0.29, 0.717) is 18.9 Å². The van der Waals surface area contributed by atoms with Crippen molar-refractivity contribution >= 4 is 15.8 Å². The van der Waals surface area contributed by atoms with Crippen LogP contribution in [0.1, 0.15) is 32.7 Å². The van der Waals surface area contributed by atoms with Gasteiger partial charge in [-0.15, -0.1) is 0 Å². The third kappa shape index (κ3) is 4.42. The smallest absolute Gasteiger partial charge is 0.216 e. The van der Waals surface area contributed by atoms with E-state index in [4.69, 9.17) is 10.5 Å². The van der Waals surface area contributed by atoms with Crippen LogP contribution in [-0.4, -0.2) is 54.1 Å². The van der Waals surface area contributed by atoms with Crippen molar-refractivity contribution < 1.29 is 13.2 Å². The van der Waals surface area contributed by atoms with Crippen molar-refractivity contribution in [3.05, 3.63) is 12.3 Å². The number of hydrogen-bond acceptors (Lipinski definition) is 5. The summed E-state index contributed by atoms with van der Waals surface area (Å²) in [6, 6.07) is 1.98. The minimum atomic E-state index is -3.23. The molecule has 0 aromatic carbocycles. The number of rotatable bonds is 6. The summed E-state index contributed by atoms with van der Waals surface area (Å²) >= 11 is 0. The third-order valence-corrected chi connectivity index (χ3v) is 5.45. The van der Waals surface area contributed by atoms with Crippen molar-refractivity contribution in [1.82, 2.24) is 14.1 Å². The molecule has 21 heavy (non-hydrogen) atoms. The number of hydrogen-bond donors (Lipinski definition) is 1. The Morgan fingerprint density at radius 1 is 1.43 bits per heavy atom. The van der Waals surface area contributed by atoms with Gasteiger partial charge in [-0.25, -0.2) is 12.7 Å². The monoisotopic (exact) mass is 316 g/mol. The van der Waals surface area contributed by atoms with Crippen LogP contribution in [0.5, 0.6) is 0 Å². The zero-order valence-electron chi connectivity index (χ0n) is 12.6. The van der Waals surface area contributed by atoms with Gasteiger partial charge in [0.15, 0.2) is 0 Å². The molecule has 1 aromatic heterocycles. The van der Waals surface area contributed by atoms with Gasteiger partial charge in [-0.2, -0.15) is 5.10 Å². The average molecular weight is 316 g/mol. The standard InChI is InChI=1S/C13H24N4O3S/c1-11(2)20-9-10-21(18,19)16-6-3-12(4-7-16)17-8-5-13(14)15-17/h5,8,11-12H,3-4,6-7,9-10H2,1-2H3,(H2,14,15). The van der Waals surface area contributed by atoms with Crippen LogP contribution >= 0.6 is 0 Å². The highest BCUT2D eigenvalue weighted by Gasteiger charge is 2.28. The summed E-state index contributed by atoms with van der Waals surface area (Å²) < 4.78 is 33.2. The van der Waals surface area contributed by atoms with Gasteiger partial charge in [0, 0.05) is 19.3 Å². The Kier molecular flexibility index (Phi) is 5.23. The first-order chi connectivity index (χ1) is 9.88. The fourth-order valence-corrected chi connectivity index (χ4v) is 3.79. The molecule has 2 N–H and O–H groups in total. The molecule has 0 amide bonds. The van der Waals surface area contributed by atoms with E-state index in [9.17, 15) is 8.42 Å². The Bertz CT molecular complexity index is 548. The number of nitrogens with zero attached hydrogens (tertiary/aromatic N) is 3. The van der Waals surface area contributed by atoms with E-state index in [2.05, 4.69) is 5.10 Å². The molecule has 0 spiro atoms. The number of nitrogens with two attached hydrogens (primary N) is 1. The highest BCUT2D eigenvalue weighted by Crippen LogP contribution is 2.24. The normalized spacial score (nSPS) is 18.4. The number of piperidine rings is 1. The van der Waals surface area contributed by atoms with E-state index in [-0.39, 0.29) is 24.5 Å². The number of anilines is 1. The number of nitrogen functional groups attached to an aromatic ring is 1. The van der Waals surface area contributed by atoms with Gasteiger partial charge in [-0.3, -0.25) is 4.68 Å². The molecule has 0 radical (unpaired) electrons. The number of ether oxygens (including phenoxy) is 1. The molecule has 0 unspecified atom stereocenters. The molecule has 0 atom stereocenters. The molecular weight excluding hydrogens is 292 g/mol. The van der Waals surface area contributed by atoms with Gasteiger partial charge < -0.3 is 10.5 Å². The molecule has 120 valence electrons. The van der Waals surface area contributed by atoms with Crippen LogP contribution in [0.4, 0.5) is 5.82 Å². The minimum absolute atomic E-state index is 0.0462. The van der Waals surface area contributed by atoms with Crippen molar-refractivity contribution in [3.8, 4) is 0 Å². The van der Waals surface area contributed by atoms with E-state index >= 15 is 0 Å². The van der Waals surface area contributed by atoms with Crippen LogP contribution in [0.15, 0.2) is 12.3 Å². The van der Waals surface area contributed by atoms with Crippen LogP contribution in [0.2, 0.25) is 0 Å². The second-order valence-electron chi connectivity index (χ2n) is 5.59. The van der Waals surface area contributed by atoms with Crippen molar-refractivity contribution in [2.75, 3.05) is 31.2 Å². The molecule has 0 saturated carbocycles. The lowest BCUT2D eigenvalue weighted by atomic mass is 10.1. The van der Waals surface area contributed by atoms with E-state index < -0.39 is 10.0 Å². The highest BCUT2D eigenvalue weighted by atomic mass is 32.2. The molecule has 1 aromatic rings. The first-order valence-corrected chi connectivity index (χ1v) is 8.89. The fourth-order valence-electron chi connectivity index (χ4n) is 2.46. The number of aromatic nitrogens is 2. The Morgan fingerprint density at radius 2 is 2.10 bits per heavy atom. The molecule has 1 aliphatic rings. The molecule has 1 aliphatic heterocycles. The molecule has 0 bridgehead atoms. The van der Waals surface area contributed by atoms with Crippen LogP contribution < -0.4 is 5.73 Å². The van der Waals surface area contributed by atoms with Gasteiger partial charge in [0.1, 0.15) is 5.82 Å². The lowest BCUT2D eigenvalue weighted by Crippen LogP contribution is -2.41. The molecule has 2 rings (SSSR count). The van der Waals surface area contributed by atoms with Gasteiger partial charge in [0.25, 0.3) is 0 Å². The van der Waals surface area contributed by atoms with E-state index in [1.807, 2.05) is 24.7 Å². The zero-order chi connectivity index (χ0) is 15.5. The van der Waals surface area contributed by atoms with Crippen LogP contribution in [0.3, 0.4) is 0 Å². The fraction of sp³-hybridized carbons (Fsp3) is 0.769. The van der Waals surface area contributed by atoms with Gasteiger partial charge >= 0.3 is 0 Å². The van der Waals surface area contributed by atoms with Crippen molar-refractivity contribution in [1.29, 1.82) is 0 Å². The predicted molar refractivity (Wildman–Crippen MR) is 81.4 cm³/mol. The van der Waals surface area contributed by atoms with Gasteiger partial charge in [0.05, 0.1) is 24.5 Å². The summed E-state index contributed by atoms with van der Waals surface area (Å²) in [6.07, 6.45) is 3.41. The average Bonchev–Trinajstić information content (AvgIpc) is 2.85. The van der Waals surface area contributed by atoms with Crippen molar-refractivity contribution in [2.24, 2.45) is 0 Å². The van der Waals surface area contributed by atoms with Crippen molar-refractivity contribution in [3.63, 3.8) is 0 Å². The SMILES string of the molecule is CC(C)OCCS(=O)(=O)N1CCC(n2ccc(N)n2)CC1. The maximum absolute atomic E-state index is 12.2.